The van der Waals surface area contributed by atoms with E-state index in [-0.39, 0.29) is 11.8 Å². The highest BCUT2D eigenvalue weighted by Gasteiger charge is 2.29. The van der Waals surface area contributed by atoms with Gasteiger partial charge in [-0.25, -0.2) is 4.79 Å². The summed E-state index contributed by atoms with van der Waals surface area (Å²) in [5.41, 5.74) is 1.31. The van der Waals surface area contributed by atoms with Crippen LogP contribution in [0.2, 0.25) is 0 Å². The van der Waals surface area contributed by atoms with Crippen molar-refractivity contribution >= 4 is 17.8 Å². The van der Waals surface area contributed by atoms with Gasteiger partial charge in [-0.1, -0.05) is 32.0 Å². The number of benzene rings is 1. The summed E-state index contributed by atoms with van der Waals surface area (Å²) in [6, 6.07) is 6.26. The van der Waals surface area contributed by atoms with Crippen LogP contribution in [0, 0.1) is 12.8 Å². The van der Waals surface area contributed by atoms with E-state index in [1.165, 1.54) is 14.0 Å². The highest BCUT2D eigenvalue weighted by Crippen LogP contribution is 2.11. The Morgan fingerprint density at radius 2 is 1.77 bits per heavy atom. The van der Waals surface area contributed by atoms with E-state index in [2.05, 4.69) is 10.6 Å². The molecule has 0 unspecified atom stereocenters. The van der Waals surface area contributed by atoms with Gasteiger partial charge in [0.15, 0.2) is 6.10 Å². The van der Waals surface area contributed by atoms with Gasteiger partial charge in [0.1, 0.15) is 6.04 Å². The van der Waals surface area contributed by atoms with E-state index in [1.54, 1.807) is 26.0 Å². The average Bonchev–Trinajstić information content (AvgIpc) is 2.59. The van der Waals surface area contributed by atoms with E-state index in [0.717, 1.165) is 5.56 Å². The van der Waals surface area contributed by atoms with E-state index in [0.29, 0.717) is 18.7 Å². The van der Waals surface area contributed by atoms with Gasteiger partial charge in [-0.3, -0.25) is 9.59 Å². The minimum atomic E-state index is -0.962. The molecule has 1 aromatic rings. The smallest absolute Gasteiger partial charge is 0.329 e. The zero-order valence-corrected chi connectivity index (χ0v) is 16.0. The minimum absolute atomic E-state index is 0.195. The summed E-state index contributed by atoms with van der Waals surface area (Å²) in [6.07, 6.45) is -0.962. The van der Waals surface area contributed by atoms with Crippen LogP contribution in [0.4, 0.5) is 0 Å². The van der Waals surface area contributed by atoms with Crippen molar-refractivity contribution in [2.45, 2.75) is 39.8 Å². The third-order valence-electron chi connectivity index (χ3n) is 3.86. The van der Waals surface area contributed by atoms with E-state index in [4.69, 9.17) is 9.47 Å². The summed E-state index contributed by atoms with van der Waals surface area (Å²) < 4.78 is 10.1. The van der Waals surface area contributed by atoms with Crippen LogP contribution >= 0.6 is 0 Å². The van der Waals surface area contributed by atoms with Gasteiger partial charge >= 0.3 is 5.97 Å². The van der Waals surface area contributed by atoms with Crippen LogP contribution in [0.1, 0.15) is 36.7 Å². The van der Waals surface area contributed by atoms with Crippen LogP contribution in [0.15, 0.2) is 24.3 Å². The summed E-state index contributed by atoms with van der Waals surface area (Å²) in [5.74, 6) is -1.60. The lowest BCUT2D eigenvalue weighted by Crippen LogP contribution is -2.48. The van der Waals surface area contributed by atoms with Gasteiger partial charge in [0.25, 0.3) is 11.8 Å². The van der Waals surface area contributed by atoms with Crippen molar-refractivity contribution in [2.24, 2.45) is 5.92 Å². The molecule has 0 heterocycles. The van der Waals surface area contributed by atoms with Crippen molar-refractivity contribution < 1.29 is 23.9 Å². The van der Waals surface area contributed by atoms with Crippen molar-refractivity contribution in [3.05, 3.63) is 35.4 Å². The fourth-order valence-electron chi connectivity index (χ4n) is 2.27. The first-order valence-corrected chi connectivity index (χ1v) is 8.61. The van der Waals surface area contributed by atoms with Crippen molar-refractivity contribution in [3.8, 4) is 0 Å². The molecule has 0 saturated heterocycles. The molecule has 0 aliphatic carbocycles. The molecule has 0 fully saturated rings. The second-order valence-electron chi connectivity index (χ2n) is 6.37. The van der Waals surface area contributed by atoms with E-state index in [1.807, 2.05) is 19.1 Å². The molecule has 0 bridgehead atoms. The lowest BCUT2D eigenvalue weighted by atomic mass is 10.0. The van der Waals surface area contributed by atoms with E-state index in [9.17, 15) is 14.4 Å². The van der Waals surface area contributed by atoms with Crippen LogP contribution < -0.4 is 10.6 Å². The number of methoxy groups -OCH3 is 1. The third kappa shape index (κ3) is 6.48. The summed E-state index contributed by atoms with van der Waals surface area (Å²) in [7, 11) is 1.53. The predicted octanol–water partition coefficient (Wildman–Crippen LogP) is 1.44. The first kappa shape index (κ1) is 21.6. The van der Waals surface area contributed by atoms with Gasteiger partial charge in [0, 0.05) is 19.2 Å². The molecular weight excluding hydrogens is 336 g/mol. The Kier molecular flexibility index (Phi) is 8.78. The molecule has 2 atom stereocenters. The summed E-state index contributed by atoms with van der Waals surface area (Å²) in [5, 5.41) is 5.31. The van der Waals surface area contributed by atoms with Gasteiger partial charge in [-0.2, -0.15) is 0 Å². The van der Waals surface area contributed by atoms with Crippen LogP contribution in [0.3, 0.4) is 0 Å². The number of aryl methyl sites for hydroxylation is 1. The first-order chi connectivity index (χ1) is 12.3. The van der Waals surface area contributed by atoms with Crippen LogP contribution in [-0.2, 0) is 19.1 Å². The van der Waals surface area contributed by atoms with Gasteiger partial charge in [0.05, 0.1) is 6.61 Å². The SMILES string of the molecule is COCCNC(=O)[C@H](C)OC(=O)[C@@H](NC(=O)c1ccccc1C)C(C)C. The summed E-state index contributed by atoms with van der Waals surface area (Å²) in [6.45, 7) is 7.60. The average molecular weight is 364 g/mol. The summed E-state index contributed by atoms with van der Waals surface area (Å²) >= 11 is 0. The zero-order valence-electron chi connectivity index (χ0n) is 16.0. The van der Waals surface area contributed by atoms with Crippen LogP contribution in [0.5, 0.6) is 0 Å². The lowest BCUT2D eigenvalue weighted by Gasteiger charge is -2.23. The maximum atomic E-state index is 12.5. The number of carbonyl (C=O) groups is 3. The number of hydrogen-bond donors (Lipinski definition) is 2. The monoisotopic (exact) mass is 364 g/mol. The standard InChI is InChI=1S/C19H28N2O5/c1-12(2)16(21-18(23)15-9-7-6-8-13(15)3)19(24)26-14(4)17(22)20-10-11-25-5/h6-9,12,14,16H,10-11H2,1-5H3,(H,20,22)(H,21,23)/t14-,16-/m0/s1. The molecule has 144 valence electrons. The minimum Gasteiger partial charge on any atom is -0.451 e. The maximum absolute atomic E-state index is 12.5. The molecule has 1 aromatic carbocycles. The van der Waals surface area contributed by atoms with E-state index >= 15 is 0 Å². The molecule has 0 aliphatic rings. The number of amides is 2. The van der Waals surface area contributed by atoms with Gasteiger partial charge < -0.3 is 20.1 Å². The molecule has 0 aromatic heterocycles. The molecule has 0 spiro atoms. The van der Waals surface area contributed by atoms with Crippen molar-refractivity contribution in [1.82, 2.24) is 10.6 Å². The van der Waals surface area contributed by atoms with Crippen molar-refractivity contribution in [1.29, 1.82) is 0 Å². The third-order valence-corrected chi connectivity index (χ3v) is 3.86. The Labute approximate surface area is 154 Å². The van der Waals surface area contributed by atoms with Crippen molar-refractivity contribution in [2.75, 3.05) is 20.3 Å². The number of ether oxygens (including phenoxy) is 2. The Morgan fingerprint density at radius 1 is 1.12 bits per heavy atom. The fraction of sp³-hybridized carbons (Fsp3) is 0.526. The molecule has 0 radical (unpaired) electrons. The molecule has 0 saturated carbocycles. The van der Waals surface area contributed by atoms with Crippen LogP contribution in [0.25, 0.3) is 0 Å². The topological polar surface area (TPSA) is 93.7 Å². The number of rotatable bonds is 9. The Bertz CT molecular complexity index is 630. The predicted molar refractivity (Wildman–Crippen MR) is 97.7 cm³/mol. The zero-order chi connectivity index (χ0) is 19.7. The molecule has 1 rings (SSSR count). The number of nitrogens with one attached hydrogen (secondary N) is 2. The molecule has 2 N–H and O–H groups in total. The highest BCUT2D eigenvalue weighted by molar-refractivity contribution is 5.98. The molecule has 7 heteroatoms. The second-order valence-corrected chi connectivity index (χ2v) is 6.37. The number of carbonyl (C=O) groups excluding carboxylic acids is 3. The summed E-state index contributed by atoms with van der Waals surface area (Å²) in [4.78, 5) is 36.8. The number of hydrogen-bond acceptors (Lipinski definition) is 5. The van der Waals surface area contributed by atoms with Crippen molar-refractivity contribution in [3.63, 3.8) is 0 Å². The largest absolute Gasteiger partial charge is 0.451 e. The fourth-order valence-corrected chi connectivity index (χ4v) is 2.27. The Morgan fingerprint density at radius 3 is 2.35 bits per heavy atom. The van der Waals surface area contributed by atoms with Gasteiger partial charge in [-0.05, 0) is 31.4 Å². The lowest BCUT2D eigenvalue weighted by molar-refractivity contribution is -0.157. The first-order valence-electron chi connectivity index (χ1n) is 8.61. The van der Waals surface area contributed by atoms with Crippen LogP contribution in [-0.4, -0.2) is 50.2 Å². The quantitative estimate of drug-likeness (QED) is 0.511. The molecule has 2 amide bonds. The normalized spacial score (nSPS) is 13.0. The Hall–Kier alpha value is -2.41. The number of esters is 1. The second kappa shape index (κ2) is 10.6. The van der Waals surface area contributed by atoms with Gasteiger partial charge in [0.2, 0.25) is 0 Å². The maximum Gasteiger partial charge on any atom is 0.329 e. The van der Waals surface area contributed by atoms with Gasteiger partial charge in [-0.15, -0.1) is 0 Å². The molecule has 26 heavy (non-hydrogen) atoms. The molecule has 7 nitrogen and oxygen atoms in total. The van der Waals surface area contributed by atoms with E-state index < -0.39 is 24.0 Å². The molecular formula is C19H28N2O5. The molecule has 0 aliphatic heterocycles. The Balaban J connectivity index is 2.71. The highest BCUT2D eigenvalue weighted by atomic mass is 16.5.